The second-order valence-electron chi connectivity index (χ2n) is 7.44. The normalized spacial score (nSPS) is 14.0. The van der Waals surface area contributed by atoms with Crippen LogP contribution in [0.2, 0.25) is 0 Å². The lowest BCUT2D eigenvalue weighted by atomic mass is 9.99. The Morgan fingerprint density at radius 3 is 2.67 bits per heavy atom. The number of carbonyl (C=O) groups is 1. The van der Waals surface area contributed by atoms with Gasteiger partial charge in [0.2, 0.25) is 5.82 Å². The number of nitrogens with one attached hydrogen (secondary N) is 1. The highest BCUT2D eigenvalue weighted by molar-refractivity contribution is 6.10. The summed E-state index contributed by atoms with van der Waals surface area (Å²) in [5, 5.41) is 22.3. The summed E-state index contributed by atoms with van der Waals surface area (Å²) in [6.45, 7) is 0.0779. The van der Waals surface area contributed by atoms with Crippen LogP contribution < -0.4 is 5.32 Å². The molecule has 0 saturated heterocycles. The molecule has 170 valence electrons. The fourth-order valence-electron chi connectivity index (χ4n) is 3.33. The number of tetrazole rings is 1. The Morgan fingerprint density at radius 1 is 1.09 bits per heavy atom. The van der Waals surface area contributed by atoms with Gasteiger partial charge in [-0.1, -0.05) is 53.1 Å². The number of nitrogens with zero attached hydrogens (tertiary/aromatic N) is 7. The van der Waals surface area contributed by atoms with Crippen molar-refractivity contribution in [2.24, 2.45) is 17.4 Å². The maximum absolute atomic E-state index is 12.0. The number of pyridine rings is 1. The molecule has 11 heteroatoms. The third-order valence-electron chi connectivity index (χ3n) is 4.97. The fourth-order valence-corrected chi connectivity index (χ4v) is 3.33. The van der Waals surface area contributed by atoms with Crippen molar-refractivity contribution in [3.63, 3.8) is 0 Å². The monoisotopic (exact) mass is 448 g/mol. The summed E-state index contributed by atoms with van der Waals surface area (Å²) in [4.78, 5) is 26.9. The standard InChI is InChI=1S/C22H24N8O3/c1-30-21(25-28-29-30)20(16-9-4-2-5-10-16)27-32-15-18-13-8-14-19(23-18)24-22(31)33-26-17-11-6-3-7-12-17/h2,4-5,8-10,13-14H,3,6-7,11-12,15H2,1H3,(H,23,24,31)/b27-20-. The van der Waals surface area contributed by atoms with E-state index in [4.69, 9.17) is 9.68 Å². The third-order valence-corrected chi connectivity index (χ3v) is 4.97. The first-order valence-electron chi connectivity index (χ1n) is 10.7. The second kappa shape index (κ2) is 10.9. The summed E-state index contributed by atoms with van der Waals surface area (Å²) in [5.74, 6) is 0.793. The quantitative estimate of drug-likeness (QED) is 0.333. The van der Waals surface area contributed by atoms with Crippen molar-refractivity contribution in [2.45, 2.75) is 38.7 Å². The number of hydrogen-bond donors (Lipinski definition) is 1. The smallest absolute Gasteiger partial charge is 0.389 e. The van der Waals surface area contributed by atoms with Crippen LogP contribution in [0, 0.1) is 0 Å². The Bertz CT molecular complexity index is 1140. The summed E-state index contributed by atoms with van der Waals surface area (Å²) in [6.07, 6.45) is 4.40. The number of rotatable bonds is 7. The predicted molar refractivity (Wildman–Crippen MR) is 121 cm³/mol. The van der Waals surface area contributed by atoms with Crippen molar-refractivity contribution in [1.82, 2.24) is 25.2 Å². The number of aromatic nitrogens is 5. The van der Waals surface area contributed by atoms with E-state index in [1.54, 1.807) is 25.2 Å². The topological polar surface area (TPSA) is 129 Å². The van der Waals surface area contributed by atoms with E-state index in [1.165, 1.54) is 11.1 Å². The molecule has 1 aliphatic carbocycles. The molecule has 0 spiro atoms. The minimum atomic E-state index is -0.683. The Balaban J connectivity index is 1.39. The van der Waals surface area contributed by atoms with Gasteiger partial charge in [0.25, 0.3) is 0 Å². The van der Waals surface area contributed by atoms with E-state index in [1.807, 2.05) is 30.3 Å². The molecular formula is C22H24N8O3. The number of hydrogen-bond acceptors (Lipinski definition) is 9. The van der Waals surface area contributed by atoms with E-state index in [-0.39, 0.29) is 6.61 Å². The molecule has 2 aromatic heterocycles. The molecule has 1 fully saturated rings. The molecule has 1 amide bonds. The fraction of sp³-hybridized carbons (Fsp3) is 0.318. The minimum Gasteiger partial charge on any atom is -0.389 e. The summed E-state index contributed by atoms with van der Waals surface area (Å²) < 4.78 is 1.51. The molecular weight excluding hydrogens is 424 g/mol. The first-order valence-corrected chi connectivity index (χ1v) is 10.7. The molecule has 4 rings (SSSR count). The number of amides is 1. The van der Waals surface area contributed by atoms with Gasteiger partial charge in [-0.2, -0.15) is 0 Å². The lowest BCUT2D eigenvalue weighted by Gasteiger charge is -2.11. The van der Waals surface area contributed by atoms with Gasteiger partial charge in [0.05, 0.1) is 11.4 Å². The van der Waals surface area contributed by atoms with Gasteiger partial charge in [0, 0.05) is 12.6 Å². The highest BCUT2D eigenvalue weighted by atomic mass is 16.7. The van der Waals surface area contributed by atoms with Gasteiger partial charge >= 0.3 is 6.09 Å². The van der Waals surface area contributed by atoms with Crippen LogP contribution in [-0.4, -0.2) is 42.7 Å². The average Bonchev–Trinajstić information content (AvgIpc) is 3.27. The van der Waals surface area contributed by atoms with E-state index >= 15 is 0 Å². The van der Waals surface area contributed by atoms with Crippen LogP contribution in [-0.2, 0) is 23.3 Å². The van der Waals surface area contributed by atoms with E-state index in [2.05, 4.69) is 36.1 Å². The Hall–Kier alpha value is -4.15. The van der Waals surface area contributed by atoms with Gasteiger partial charge in [0.15, 0.2) is 12.3 Å². The molecule has 0 unspecified atom stereocenters. The Labute approximate surface area is 190 Å². The molecule has 0 aliphatic heterocycles. The van der Waals surface area contributed by atoms with Crippen molar-refractivity contribution in [3.8, 4) is 0 Å². The van der Waals surface area contributed by atoms with Gasteiger partial charge in [-0.25, -0.2) is 14.5 Å². The number of carbonyl (C=O) groups excluding carboxylic acids is 1. The highest BCUT2D eigenvalue weighted by Gasteiger charge is 2.15. The van der Waals surface area contributed by atoms with Crippen LogP contribution in [0.3, 0.4) is 0 Å². The number of benzene rings is 1. The minimum absolute atomic E-state index is 0.0779. The summed E-state index contributed by atoms with van der Waals surface area (Å²) in [6, 6.07) is 14.6. The Kier molecular flexibility index (Phi) is 7.31. The number of aryl methyl sites for hydroxylation is 1. The van der Waals surface area contributed by atoms with Crippen LogP contribution in [0.4, 0.5) is 10.6 Å². The molecule has 11 nitrogen and oxygen atoms in total. The lowest BCUT2D eigenvalue weighted by molar-refractivity contribution is 0.128. The molecule has 1 aliphatic rings. The maximum atomic E-state index is 12.0. The van der Waals surface area contributed by atoms with Gasteiger partial charge in [-0.15, -0.1) is 5.10 Å². The molecule has 1 saturated carbocycles. The second-order valence-corrected chi connectivity index (χ2v) is 7.44. The lowest BCUT2D eigenvalue weighted by Crippen LogP contribution is -2.14. The molecule has 33 heavy (non-hydrogen) atoms. The van der Waals surface area contributed by atoms with Crippen molar-refractivity contribution >= 4 is 23.3 Å². The summed E-state index contributed by atoms with van der Waals surface area (Å²) in [5.41, 5.74) is 2.78. The van der Waals surface area contributed by atoms with Crippen LogP contribution in [0.1, 0.15) is 49.2 Å². The van der Waals surface area contributed by atoms with Crippen LogP contribution in [0.25, 0.3) is 0 Å². The summed E-state index contributed by atoms with van der Waals surface area (Å²) >= 11 is 0. The highest BCUT2D eigenvalue weighted by Crippen LogP contribution is 2.15. The predicted octanol–water partition coefficient (Wildman–Crippen LogP) is 3.44. The van der Waals surface area contributed by atoms with Crippen LogP contribution in [0.5, 0.6) is 0 Å². The number of oxime groups is 2. The zero-order chi connectivity index (χ0) is 22.9. The van der Waals surface area contributed by atoms with Gasteiger partial charge < -0.3 is 4.84 Å². The molecule has 0 bridgehead atoms. The average molecular weight is 448 g/mol. The first-order chi connectivity index (χ1) is 16.2. The van der Waals surface area contributed by atoms with E-state index in [0.29, 0.717) is 23.0 Å². The maximum Gasteiger partial charge on any atom is 0.439 e. The zero-order valence-electron chi connectivity index (χ0n) is 18.2. The first kappa shape index (κ1) is 22.1. The molecule has 0 radical (unpaired) electrons. The van der Waals surface area contributed by atoms with Gasteiger partial charge in [-0.05, 0) is 48.2 Å². The molecule has 0 atom stereocenters. The van der Waals surface area contributed by atoms with Crippen molar-refractivity contribution in [3.05, 3.63) is 65.6 Å². The van der Waals surface area contributed by atoms with Gasteiger partial charge in [-0.3, -0.25) is 10.2 Å². The van der Waals surface area contributed by atoms with Crippen molar-refractivity contribution < 1.29 is 14.5 Å². The van der Waals surface area contributed by atoms with Crippen molar-refractivity contribution in [2.75, 3.05) is 5.32 Å². The zero-order valence-corrected chi connectivity index (χ0v) is 18.2. The largest absolute Gasteiger partial charge is 0.439 e. The van der Waals surface area contributed by atoms with Gasteiger partial charge in [0.1, 0.15) is 5.82 Å². The van der Waals surface area contributed by atoms with Crippen molar-refractivity contribution in [1.29, 1.82) is 0 Å². The van der Waals surface area contributed by atoms with E-state index in [0.717, 1.165) is 37.0 Å². The molecule has 1 aromatic carbocycles. The SMILES string of the molecule is Cn1nnnc1/C(=N\OCc1cccc(NC(=O)ON=C2CCCCC2)n1)c1ccccc1. The molecule has 1 N–H and O–H groups in total. The molecule has 3 aromatic rings. The van der Waals surface area contributed by atoms with Crippen LogP contribution in [0.15, 0.2) is 58.8 Å². The summed E-state index contributed by atoms with van der Waals surface area (Å²) in [7, 11) is 1.72. The van der Waals surface area contributed by atoms with Crippen LogP contribution >= 0.6 is 0 Å². The third kappa shape index (κ3) is 6.19. The molecule has 2 heterocycles. The number of anilines is 1. The Morgan fingerprint density at radius 2 is 1.91 bits per heavy atom. The van der Waals surface area contributed by atoms with E-state index in [9.17, 15) is 4.79 Å². The van der Waals surface area contributed by atoms with E-state index < -0.39 is 6.09 Å².